The molecule has 2 aromatic heterocycles. The van der Waals surface area contributed by atoms with E-state index in [-0.39, 0.29) is 0 Å². The Labute approximate surface area is 228 Å². The zero-order valence-corrected chi connectivity index (χ0v) is 21.0. The number of nitrogens with zero attached hydrogens (tertiary/aromatic N) is 5. The summed E-state index contributed by atoms with van der Waals surface area (Å²) in [5.74, 6) is 2.01. The summed E-state index contributed by atoms with van der Waals surface area (Å²) in [6.45, 7) is 1.92. The summed E-state index contributed by atoms with van der Waals surface area (Å²) in [6, 6.07) is 11.1. The number of hydrogen-bond donors (Lipinski definition) is 2. The minimum atomic E-state index is -5.08. The Morgan fingerprint density at radius 3 is 2.46 bits per heavy atom. The number of imidazole rings is 1. The second kappa shape index (κ2) is 11.8. The summed E-state index contributed by atoms with van der Waals surface area (Å²) in [5.41, 5.74) is 3.84. The van der Waals surface area contributed by atoms with E-state index in [0.29, 0.717) is 29.0 Å². The predicted molar refractivity (Wildman–Crippen MR) is 137 cm³/mol. The summed E-state index contributed by atoms with van der Waals surface area (Å²) in [5, 5.41) is 19.4. The third-order valence-electron chi connectivity index (χ3n) is 5.64. The van der Waals surface area contributed by atoms with Crippen LogP contribution in [0.5, 0.6) is 0 Å². The van der Waals surface area contributed by atoms with Crippen LogP contribution in [0.3, 0.4) is 0 Å². The maximum absolute atomic E-state index is 13.7. The van der Waals surface area contributed by atoms with Gasteiger partial charge in [0.15, 0.2) is 5.65 Å². The summed E-state index contributed by atoms with van der Waals surface area (Å²) < 4.78 is 60.7. The lowest BCUT2D eigenvalue weighted by atomic mass is 10.0. The topological polar surface area (TPSA) is 112 Å². The molecule has 1 aliphatic heterocycles. The van der Waals surface area contributed by atoms with Crippen LogP contribution in [-0.2, 0) is 4.79 Å². The molecule has 2 N–H and O–H groups in total. The number of aliphatic carboxylic acids is 1. The largest absolute Gasteiger partial charge is 0.490 e. The van der Waals surface area contributed by atoms with Crippen molar-refractivity contribution in [3.63, 3.8) is 0 Å². The van der Waals surface area contributed by atoms with Crippen molar-refractivity contribution >= 4 is 29.5 Å². The smallest absolute Gasteiger partial charge is 0.475 e. The molecular weight excluding hydrogens is 551 g/mol. The number of aromatic nitrogens is 3. The molecule has 41 heavy (non-hydrogen) atoms. The Balaban J connectivity index is 0.000000493. The summed E-state index contributed by atoms with van der Waals surface area (Å²) in [6.07, 6.45) is 0.127. The number of anilines is 1. The number of amides is 2. The van der Waals surface area contributed by atoms with E-state index < -0.39 is 35.9 Å². The summed E-state index contributed by atoms with van der Waals surface area (Å²) in [7, 11) is 0. The summed E-state index contributed by atoms with van der Waals surface area (Å²) in [4.78, 5) is 26.1. The molecule has 210 valence electrons. The van der Waals surface area contributed by atoms with Crippen molar-refractivity contribution in [2.45, 2.75) is 25.6 Å². The third-order valence-corrected chi connectivity index (χ3v) is 5.64. The van der Waals surface area contributed by atoms with Crippen LogP contribution < -0.4 is 5.32 Å². The second-order valence-electron chi connectivity index (χ2n) is 8.55. The van der Waals surface area contributed by atoms with Crippen molar-refractivity contribution in [1.29, 1.82) is 0 Å². The van der Waals surface area contributed by atoms with Crippen molar-refractivity contribution in [2.75, 3.05) is 5.32 Å². The van der Waals surface area contributed by atoms with Crippen molar-refractivity contribution < 1.29 is 36.6 Å². The molecule has 14 heteroatoms. The average molecular weight is 570 g/mol. The molecule has 4 aromatic rings. The molecule has 1 aliphatic rings. The van der Waals surface area contributed by atoms with E-state index in [4.69, 9.17) is 9.90 Å². The van der Waals surface area contributed by atoms with Crippen LogP contribution in [0, 0.1) is 30.4 Å². The molecule has 1 atom stereocenters. The molecule has 2 amide bonds. The molecule has 0 bridgehead atoms. The third kappa shape index (κ3) is 7.01. The van der Waals surface area contributed by atoms with E-state index in [1.54, 1.807) is 41.3 Å². The second-order valence-corrected chi connectivity index (χ2v) is 8.55. The number of hydrogen-bond acceptors (Lipinski definition) is 5. The number of alkyl halides is 3. The first kappa shape index (κ1) is 28.7. The molecule has 5 rings (SSSR count). The maximum Gasteiger partial charge on any atom is 0.490 e. The number of urea groups is 1. The van der Waals surface area contributed by atoms with Gasteiger partial charge in [0.05, 0.1) is 12.2 Å². The molecule has 9 nitrogen and oxygen atoms in total. The summed E-state index contributed by atoms with van der Waals surface area (Å²) >= 11 is 0. The lowest BCUT2D eigenvalue weighted by molar-refractivity contribution is -0.192. The number of carbonyl (C=O) groups excluding carboxylic acids is 1. The van der Waals surface area contributed by atoms with Gasteiger partial charge in [-0.15, -0.1) is 0 Å². The number of carboxylic acids is 1. The Morgan fingerprint density at radius 1 is 1.07 bits per heavy atom. The Bertz CT molecular complexity index is 1690. The molecular formula is C27H19F5N6O3. The number of nitrogens with one attached hydrogen (secondary N) is 1. The van der Waals surface area contributed by atoms with Gasteiger partial charge in [0, 0.05) is 36.1 Å². The van der Waals surface area contributed by atoms with Gasteiger partial charge < -0.3 is 10.4 Å². The highest BCUT2D eigenvalue weighted by atomic mass is 19.4. The fourth-order valence-electron chi connectivity index (χ4n) is 3.72. The lowest BCUT2D eigenvalue weighted by Crippen LogP contribution is -2.31. The van der Waals surface area contributed by atoms with Crippen molar-refractivity contribution in [3.05, 3.63) is 94.9 Å². The van der Waals surface area contributed by atoms with Gasteiger partial charge in [-0.1, -0.05) is 12.0 Å². The molecule has 0 fully saturated rings. The van der Waals surface area contributed by atoms with Crippen LogP contribution in [0.1, 0.15) is 34.8 Å². The van der Waals surface area contributed by atoms with Crippen LogP contribution in [0.4, 0.5) is 32.4 Å². The van der Waals surface area contributed by atoms with Crippen molar-refractivity contribution in [2.24, 2.45) is 5.10 Å². The molecule has 0 aliphatic carbocycles. The first-order valence-corrected chi connectivity index (χ1v) is 11.7. The van der Waals surface area contributed by atoms with Gasteiger partial charge in [-0.3, -0.25) is 0 Å². The van der Waals surface area contributed by atoms with Crippen LogP contribution >= 0.6 is 0 Å². The van der Waals surface area contributed by atoms with Crippen LogP contribution in [0.15, 0.2) is 66.0 Å². The monoisotopic (exact) mass is 570 g/mol. The molecule has 3 heterocycles. The SMILES string of the molecule is Cc1ccc(NC(=O)N2N=CCC2c2cc(F)cc(F)c2)cc1C#Cc1cnc2cccnn12.O=C(O)C(F)(F)F. The Hall–Kier alpha value is -5.32. The van der Waals surface area contributed by atoms with E-state index in [2.05, 4.69) is 32.3 Å². The highest BCUT2D eigenvalue weighted by molar-refractivity contribution is 5.91. The number of halogens is 5. The molecule has 0 saturated heterocycles. The first-order valence-electron chi connectivity index (χ1n) is 11.7. The minimum absolute atomic E-state index is 0.335. The molecule has 2 aromatic carbocycles. The average Bonchev–Trinajstić information content (AvgIpc) is 3.56. The maximum atomic E-state index is 13.7. The zero-order valence-electron chi connectivity index (χ0n) is 21.0. The van der Waals surface area contributed by atoms with E-state index in [0.717, 1.165) is 17.2 Å². The van der Waals surface area contributed by atoms with Gasteiger partial charge in [0.2, 0.25) is 0 Å². The minimum Gasteiger partial charge on any atom is -0.475 e. The highest BCUT2D eigenvalue weighted by Gasteiger charge is 2.38. The first-order chi connectivity index (χ1) is 19.4. The normalized spacial score (nSPS) is 14.2. The predicted octanol–water partition coefficient (Wildman–Crippen LogP) is 5.31. The van der Waals surface area contributed by atoms with Crippen LogP contribution in [-0.4, -0.2) is 49.1 Å². The van der Waals surface area contributed by atoms with Crippen LogP contribution in [0.2, 0.25) is 0 Å². The van der Waals surface area contributed by atoms with Crippen molar-refractivity contribution in [1.82, 2.24) is 19.6 Å². The molecule has 0 saturated carbocycles. The Kier molecular flexibility index (Phi) is 8.27. The Morgan fingerprint density at radius 2 is 1.78 bits per heavy atom. The number of benzene rings is 2. The number of hydrazone groups is 1. The fourth-order valence-corrected chi connectivity index (χ4v) is 3.72. The van der Waals surface area contributed by atoms with Gasteiger partial charge in [0.1, 0.15) is 17.3 Å². The molecule has 0 radical (unpaired) electrons. The standard InChI is InChI=1S/C25H18F2N6O.C2HF3O2/c1-16-4-6-21(13-17(16)5-7-22-15-28-24-3-2-9-29-32(22)24)31-25(34)33-23(8-10-30-33)18-11-19(26)14-20(27)12-18;3-2(4,5)1(6)7/h2-4,6,9-15,23H,8H2,1H3,(H,31,34);(H,6,7). The van der Waals surface area contributed by atoms with E-state index in [9.17, 15) is 26.7 Å². The molecule has 0 spiro atoms. The van der Waals surface area contributed by atoms with Gasteiger partial charge in [0.25, 0.3) is 0 Å². The van der Waals surface area contributed by atoms with Gasteiger partial charge >= 0.3 is 18.2 Å². The van der Waals surface area contributed by atoms with Gasteiger partial charge in [-0.25, -0.2) is 32.9 Å². The zero-order chi connectivity index (χ0) is 29.7. The van der Waals surface area contributed by atoms with Gasteiger partial charge in [-0.2, -0.15) is 23.4 Å². The number of carboxylic acid groups (broad SMARTS) is 1. The quantitative estimate of drug-likeness (QED) is 0.251. The van der Waals surface area contributed by atoms with E-state index >= 15 is 0 Å². The number of fused-ring (bicyclic) bond motifs is 1. The number of carbonyl (C=O) groups is 2. The lowest BCUT2D eigenvalue weighted by Gasteiger charge is -2.22. The number of aryl methyl sites for hydroxylation is 1. The fraction of sp³-hybridized carbons (Fsp3) is 0.148. The number of rotatable bonds is 2. The molecule has 1 unspecified atom stereocenters. The van der Waals surface area contributed by atoms with E-state index in [1.807, 2.05) is 19.1 Å². The highest BCUT2D eigenvalue weighted by Crippen LogP contribution is 2.30. The van der Waals surface area contributed by atoms with Gasteiger partial charge in [-0.05, 0) is 60.4 Å². The van der Waals surface area contributed by atoms with Crippen LogP contribution in [0.25, 0.3) is 5.65 Å². The van der Waals surface area contributed by atoms with E-state index in [1.165, 1.54) is 17.1 Å². The van der Waals surface area contributed by atoms with Crippen molar-refractivity contribution in [3.8, 4) is 11.8 Å².